The summed E-state index contributed by atoms with van der Waals surface area (Å²) >= 11 is 5.73. The molecular formula is C15H21ClFNO2S. The van der Waals surface area contributed by atoms with Gasteiger partial charge in [0.05, 0.1) is 5.41 Å². The highest BCUT2D eigenvalue weighted by atomic mass is 35.5. The molecule has 1 rings (SSSR count). The summed E-state index contributed by atoms with van der Waals surface area (Å²) in [7, 11) is -0.914. The van der Waals surface area contributed by atoms with Crippen molar-refractivity contribution in [3.63, 3.8) is 0 Å². The molecule has 0 radical (unpaired) electrons. The van der Waals surface area contributed by atoms with E-state index >= 15 is 0 Å². The lowest BCUT2D eigenvalue weighted by Crippen LogP contribution is -2.41. The zero-order chi connectivity index (χ0) is 16.2. The Balaban J connectivity index is 2.73. The number of benzene rings is 1. The van der Waals surface area contributed by atoms with Crippen molar-refractivity contribution in [3.8, 4) is 0 Å². The van der Waals surface area contributed by atoms with Crippen molar-refractivity contribution < 1.29 is 13.4 Å². The molecule has 0 aliphatic heterocycles. The van der Waals surface area contributed by atoms with E-state index in [9.17, 15) is 13.4 Å². The summed E-state index contributed by atoms with van der Waals surface area (Å²) in [5.41, 5.74) is -0.694. The lowest BCUT2D eigenvalue weighted by Gasteiger charge is -2.25. The predicted octanol–water partition coefficient (Wildman–Crippen LogP) is 3.03. The molecule has 0 fully saturated rings. The molecule has 3 nitrogen and oxygen atoms in total. The number of carbonyl (C=O) groups is 1. The Morgan fingerprint density at radius 2 is 2.10 bits per heavy atom. The summed E-state index contributed by atoms with van der Waals surface area (Å²) in [4.78, 5) is 12.3. The monoisotopic (exact) mass is 333 g/mol. The predicted molar refractivity (Wildman–Crippen MR) is 85.6 cm³/mol. The van der Waals surface area contributed by atoms with Gasteiger partial charge in [-0.2, -0.15) is 0 Å². The number of carbonyl (C=O) groups excluding carboxylic acids is 1. The fourth-order valence-corrected chi connectivity index (χ4v) is 2.50. The van der Waals surface area contributed by atoms with E-state index in [-0.39, 0.29) is 11.2 Å². The molecule has 6 heteroatoms. The van der Waals surface area contributed by atoms with Crippen LogP contribution < -0.4 is 5.32 Å². The van der Waals surface area contributed by atoms with Crippen LogP contribution in [0.1, 0.15) is 32.8 Å². The Labute approximate surface area is 132 Å². The Kier molecular flexibility index (Phi) is 6.35. The highest BCUT2D eigenvalue weighted by Gasteiger charge is 2.32. The molecular weight excluding hydrogens is 313 g/mol. The second-order valence-electron chi connectivity index (χ2n) is 5.60. The van der Waals surface area contributed by atoms with Gasteiger partial charge in [-0.1, -0.05) is 24.6 Å². The zero-order valence-corrected chi connectivity index (χ0v) is 14.3. The minimum absolute atomic E-state index is 0.0145. The lowest BCUT2D eigenvalue weighted by atomic mass is 9.83. The molecule has 1 N–H and O–H groups in total. The first-order valence-electron chi connectivity index (χ1n) is 6.72. The summed E-state index contributed by atoms with van der Waals surface area (Å²) in [6.45, 7) is 5.61. The number of halogens is 2. The van der Waals surface area contributed by atoms with Crippen LogP contribution in [-0.4, -0.2) is 28.2 Å². The molecule has 21 heavy (non-hydrogen) atoms. The summed E-state index contributed by atoms with van der Waals surface area (Å²) < 4.78 is 25.2. The minimum atomic E-state index is -0.997. The van der Waals surface area contributed by atoms with Crippen LogP contribution in [0.5, 0.6) is 0 Å². The van der Waals surface area contributed by atoms with Crippen LogP contribution in [-0.2, 0) is 21.0 Å². The van der Waals surface area contributed by atoms with Gasteiger partial charge in [-0.15, -0.1) is 0 Å². The minimum Gasteiger partial charge on any atom is -0.355 e. The van der Waals surface area contributed by atoms with E-state index < -0.39 is 22.0 Å². The smallest absolute Gasteiger partial charge is 0.230 e. The van der Waals surface area contributed by atoms with Gasteiger partial charge in [0.25, 0.3) is 0 Å². The van der Waals surface area contributed by atoms with E-state index in [4.69, 9.17) is 11.6 Å². The highest BCUT2D eigenvalue weighted by Crippen LogP contribution is 2.28. The third-order valence-corrected chi connectivity index (χ3v) is 5.18. The first kappa shape index (κ1) is 18.1. The number of hydrogen-bond acceptors (Lipinski definition) is 2. The molecule has 0 heterocycles. The van der Waals surface area contributed by atoms with Crippen molar-refractivity contribution in [3.05, 3.63) is 34.6 Å². The van der Waals surface area contributed by atoms with Crippen LogP contribution in [0, 0.1) is 5.82 Å². The van der Waals surface area contributed by atoms with Crippen LogP contribution >= 0.6 is 11.6 Å². The topological polar surface area (TPSA) is 46.2 Å². The normalized spacial score (nSPS) is 14.6. The van der Waals surface area contributed by atoms with E-state index in [1.54, 1.807) is 26.2 Å². The molecule has 1 aromatic carbocycles. The van der Waals surface area contributed by atoms with E-state index in [1.165, 1.54) is 12.1 Å². The van der Waals surface area contributed by atoms with Crippen molar-refractivity contribution in [2.75, 3.05) is 12.8 Å². The van der Waals surface area contributed by atoms with Gasteiger partial charge in [0.1, 0.15) is 5.82 Å². The third-order valence-electron chi connectivity index (χ3n) is 3.58. The first-order valence-corrected chi connectivity index (χ1v) is 8.72. The third kappa shape index (κ3) is 4.78. The summed E-state index contributed by atoms with van der Waals surface area (Å²) in [5.74, 6) is -0.761. The fourth-order valence-electron chi connectivity index (χ4n) is 1.89. The standard InChI is InChI=1S/C15H21ClFNO2S/c1-10(21(4)20)7-8-18-14(19)15(2,3)12-6-5-11(16)9-13(12)17/h5-6,9-10H,7-8H2,1-4H3,(H,18,19)/t10-,21+/m1/s1. The number of rotatable bonds is 6. The molecule has 0 saturated carbocycles. The number of nitrogens with one attached hydrogen (secondary N) is 1. The van der Waals surface area contributed by atoms with E-state index in [2.05, 4.69) is 5.32 Å². The van der Waals surface area contributed by atoms with Gasteiger partial charge in [-0.3, -0.25) is 9.00 Å². The fraction of sp³-hybridized carbons (Fsp3) is 0.533. The van der Waals surface area contributed by atoms with Crippen LogP contribution in [0.4, 0.5) is 4.39 Å². The molecule has 1 aromatic rings. The first-order chi connectivity index (χ1) is 9.66. The van der Waals surface area contributed by atoms with Crippen molar-refractivity contribution in [1.82, 2.24) is 5.32 Å². The van der Waals surface area contributed by atoms with Gasteiger partial charge in [0.15, 0.2) is 0 Å². The number of hydrogen-bond donors (Lipinski definition) is 1. The van der Waals surface area contributed by atoms with Crippen molar-refractivity contribution in [2.24, 2.45) is 0 Å². The molecule has 118 valence electrons. The van der Waals surface area contributed by atoms with E-state index in [0.717, 1.165) is 0 Å². The second-order valence-corrected chi connectivity index (χ2v) is 7.84. The van der Waals surface area contributed by atoms with Gasteiger partial charge in [0.2, 0.25) is 5.91 Å². The van der Waals surface area contributed by atoms with Crippen LogP contribution in [0.3, 0.4) is 0 Å². The highest BCUT2D eigenvalue weighted by molar-refractivity contribution is 7.84. The van der Waals surface area contributed by atoms with Crippen molar-refractivity contribution >= 4 is 28.3 Å². The van der Waals surface area contributed by atoms with E-state index in [1.807, 2.05) is 6.92 Å². The van der Waals surface area contributed by atoms with Gasteiger partial charge < -0.3 is 5.32 Å². The Morgan fingerprint density at radius 3 is 2.62 bits per heavy atom. The summed E-state index contributed by atoms with van der Waals surface area (Å²) in [6.07, 6.45) is 2.26. The lowest BCUT2D eigenvalue weighted by molar-refractivity contribution is -0.125. The Hall–Kier alpha value is -0.940. The SMILES string of the molecule is C[C@H](CCNC(=O)C(C)(C)c1ccc(Cl)cc1F)[S@](C)=O. The molecule has 1 amide bonds. The largest absolute Gasteiger partial charge is 0.355 e. The molecule has 0 aliphatic rings. The zero-order valence-electron chi connectivity index (χ0n) is 12.7. The molecule has 0 aromatic heterocycles. The maximum Gasteiger partial charge on any atom is 0.230 e. The van der Waals surface area contributed by atoms with Crippen molar-refractivity contribution in [2.45, 2.75) is 37.9 Å². The molecule has 2 atom stereocenters. The molecule has 0 saturated heterocycles. The molecule has 0 unspecified atom stereocenters. The number of amides is 1. The average Bonchev–Trinajstić information content (AvgIpc) is 2.37. The van der Waals surface area contributed by atoms with Gasteiger partial charge in [-0.25, -0.2) is 4.39 Å². The van der Waals surface area contributed by atoms with Crippen LogP contribution in [0.25, 0.3) is 0 Å². The molecule has 0 spiro atoms. The maximum atomic E-state index is 14.0. The van der Waals surface area contributed by atoms with Gasteiger partial charge >= 0.3 is 0 Å². The molecule has 0 bridgehead atoms. The quantitative estimate of drug-likeness (QED) is 0.869. The maximum absolute atomic E-state index is 14.0. The Morgan fingerprint density at radius 1 is 1.48 bits per heavy atom. The van der Waals surface area contributed by atoms with Crippen molar-refractivity contribution in [1.29, 1.82) is 0 Å². The van der Waals surface area contributed by atoms with E-state index in [0.29, 0.717) is 23.6 Å². The second kappa shape index (κ2) is 7.36. The van der Waals surface area contributed by atoms with Crippen LogP contribution in [0.2, 0.25) is 5.02 Å². The van der Waals surface area contributed by atoms with Gasteiger partial charge in [-0.05, 0) is 32.4 Å². The summed E-state index contributed by atoms with van der Waals surface area (Å²) in [5, 5.41) is 3.09. The molecule has 0 aliphatic carbocycles. The summed E-state index contributed by atoms with van der Waals surface area (Å²) in [6, 6.07) is 4.30. The average molecular weight is 334 g/mol. The van der Waals surface area contributed by atoms with Crippen LogP contribution in [0.15, 0.2) is 18.2 Å². The Bertz CT molecular complexity index is 548. The van der Waals surface area contributed by atoms with Gasteiger partial charge in [0, 0.05) is 39.4 Å².